The molecule has 0 radical (unpaired) electrons. The van der Waals surface area contributed by atoms with Crippen LogP contribution in [-0.2, 0) is 25.7 Å². The Morgan fingerprint density at radius 3 is 2.29 bits per heavy atom. The van der Waals surface area contributed by atoms with E-state index >= 15 is 0 Å². The number of anilines is 1. The number of rotatable bonds is 7. The number of aryl methyl sites for hydroxylation is 1. The Bertz CT molecular complexity index is 1540. The Balaban J connectivity index is 0.000000707. The van der Waals surface area contributed by atoms with Crippen molar-refractivity contribution in [1.29, 1.82) is 0 Å². The van der Waals surface area contributed by atoms with Crippen LogP contribution in [0.5, 0.6) is 5.75 Å². The monoisotopic (exact) mass is 634 g/mol. The van der Waals surface area contributed by atoms with Crippen LogP contribution in [0.4, 0.5) is 23.7 Å². The fourth-order valence-corrected chi connectivity index (χ4v) is 4.52. The minimum Gasteiger partial charge on any atom is -0.489 e. The van der Waals surface area contributed by atoms with E-state index in [4.69, 9.17) is 19.4 Å². The summed E-state index contributed by atoms with van der Waals surface area (Å²) in [4.78, 5) is 52.8. The number of alkyl halides is 3. The second-order valence-electron chi connectivity index (χ2n) is 11.0. The predicted molar refractivity (Wildman–Crippen MR) is 154 cm³/mol. The average molecular weight is 635 g/mol. The van der Waals surface area contributed by atoms with Gasteiger partial charge in [0.2, 0.25) is 5.91 Å². The van der Waals surface area contributed by atoms with Crippen molar-refractivity contribution < 1.29 is 52.1 Å². The van der Waals surface area contributed by atoms with Crippen LogP contribution in [0.25, 0.3) is 10.9 Å². The fraction of sp³-hybridized carbons (Fsp3) is 0.367. The Labute approximate surface area is 256 Å². The number of ether oxygens (including phenoxy) is 2. The Morgan fingerprint density at radius 2 is 1.71 bits per heavy atom. The van der Waals surface area contributed by atoms with Crippen LogP contribution in [-0.4, -0.2) is 63.5 Å². The number of carboxylic acids is 1. The third kappa shape index (κ3) is 9.53. The highest BCUT2D eigenvalue weighted by Crippen LogP contribution is 2.30. The van der Waals surface area contributed by atoms with Crippen LogP contribution >= 0.6 is 0 Å². The Kier molecular flexibility index (Phi) is 10.9. The molecule has 0 spiro atoms. The number of nitrogens with zero attached hydrogens (tertiary/aromatic N) is 2. The number of para-hydroxylation sites is 1. The number of alkyl carbamates (subject to hydrolysis) is 1. The molecule has 0 bridgehead atoms. The van der Waals surface area contributed by atoms with Gasteiger partial charge >= 0.3 is 18.2 Å². The van der Waals surface area contributed by atoms with Crippen LogP contribution in [0.2, 0.25) is 0 Å². The minimum atomic E-state index is -5.08. The van der Waals surface area contributed by atoms with Gasteiger partial charge in [-0.05, 0) is 70.5 Å². The SMILES string of the molecule is Cc1cc(COc2ccc(N3CC[C@H]([C@H](NC(=O)OC(C)(C)C)C(=O)NO)C3=O)cc2)c2ccccc2n1.O=C(O)C(F)(F)F. The summed E-state index contributed by atoms with van der Waals surface area (Å²) in [5.41, 5.74) is 4.23. The predicted octanol–water partition coefficient (Wildman–Crippen LogP) is 4.51. The van der Waals surface area contributed by atoms with E-state index in [1.807, 2.05) is 37.3 Å². The zero-order valence-electron chi connectivity index (χ0n) is 24.8. The van der Waals surface area contributed by atoms with E-state index in [1.54, 1.807) is 49.9 Å². The number of carbonyl (C=O) groups excluding carboxylic acids is 3. The van der Waals surface area contributed by atoms with Gasteiger partial charge in [0.15, 0.2) is 0 Å². The van der Waals surface area contributed by atoms with Gasteiger partial charge in [0, 0.05) is 28.9 Å². The molecule has 1 aliphatic heterocycles. The third-order valence-electron chi connectivity index (χ3n) is 6.43. The normalized spacial score (nSPS) is 15.5. The van der Waals surface area contributed by atoms with Gasteiger partial charge in [-0.15, -0.1) is 0 Å². The molecule has 1 fully saturated rings. The number of nitrogens with one attached hydrogen (secondary N) is 2. The molecule has 0 unspecified atom stereocenters. The van der Waals surface area contributed by atoms with Crippen LogP contribution in [0.1, 0.15) is 38.4 Å². The molecule has 1 aliphatic rings. The van der Waals surface area contributed by atoms with Crippen molar-refractivity contribution in [2.75, 3.05) is 11.4 Å². The van der Waals surface area contributed by atoms with Gasteiger partial charge in [-0.2, -0.15) is 13.2 Å². The summed E-state index contributed by atoms with van der Waals surface area (Å²) in [5, 5.41) is 19.8. The van der Waals surface area contributed by atoms with Crippen LogP contribution in [0.3, 0.4) is 0 Å². The van der Waals surface area contributed by atoms with E-state index in [-0.39, 0.29) is 5.91 Å². The molecule has 4 rings (SSSR count). The standard InChI is InChI=1S/C28H32N4O6.C2HF3O2/c1-17-15-18(21-7-5-6-8-23(21)29-17)16-37-20-11-9-19(10-12-20)32-14-13-22(26(32)34)24(25(33)31-36)30-27(35)38-28(2,3)4;3-2(4,5)1(6)7/h5-12,15,22,24,36H,13-14,16H2,1-4H3,(H,30,35)(H,31,33);(H,6,7)/t22-,24+;/m1./s1. The maximum absolute atomic E-state index is 13.2. The number of aliphatic carboxylic acids is 1. The lowest BCUT2D eigenvalue weighted by molar-refractivity contribution is -0.192. The number of carbonyl (C=O) groups is 4. The molecular formula is C30H33F3N4O8. The van der Waals surface area contributed by atoms with Crippen molar-refractivity contribution in [3.8, 4) is 5.75 Å². The largest absolute Gasteiger partial charge is 0.490 e. The number of fused-ring (bicyclic) bond motifs is 1. The first-order chi connectivity index (χ1) is 21.0. The minimum absolute atomic E-state index is 0.305. The van der Waals surface area contributed by atoms with Crippen molar-refractivity contribution in [3.63, 3.8) is 0 Å². The number of aromatic nitrogens is 1. The van der Waals surface area contributed by atoms with E-state index in [9.17, 15) is 32.8 Å². The lowest BCUT2D eigenvalue weighted by atomic mass is 9.97. The van der Waals surface area contributed by atoms with Gasteiger partial charge < -0.3 is 24.8 Å². The molecule has 2 atom stereocenters. The van der Waals surface area contributed by atoms with Gasteiger partial charge in [0.05, 0.1) is 11.4 Å². The molecule has 2 aromatic carbocycles. The summed E-state index contributed by atoms with van der Waals surface area (Å²) in [6.07, 6.45) is -5.63. The van der Waals surface area contributed by atoms with Crippen LogP contribution in [0, 0.1) is 12.8 Å². The molecule has 45 heavy (non-hydrogen) atoms. The molecule has 3 amide bonds. The number of hydrogen-bond donors (Lipinski definition) is 4. The van der Waals surface area contributed by atoms with Crippen LogP contribution < -0.4 is 20.4 Å². The number of carboxylic acid groups (broad SMARTS) is 1. The quantitative estimate of drug-likeness (QED) is 0.216. The van der Waals surface area contributed by atoms with Crippen molar-refractivity contribution in [1.82, 2.24) is 15.8 Å². The molecule has 3 aromatic rings. The maximum Gasteiger partial charge on any atom is 0.490 e. The van der Waals surface area contributed by atoms with E-state index in [2.05, 4.69) is 10.3 Å². The first-order valence-electron chi connectivity index (χ1n) is 13.6. The van der Waals surface area contributed by atoms with Crippen molar-refractivity contribution in [2.24, 2.45) is 5.92 Å². The first-order valence-corrected chi connectivity index (χ1v) is 13.6. The summed E-state index contributed by atoms with van der Waals surface area (Å²) < 4.78 is 43.0. The van der Waals surface area contributed by atoms with Crippen molar-refractivity contribution >= 4 is 40.5 Å². The van der Waals surface area contributed by atoms with E-state index in [1.165, 1.54) is 5.48 Å². The van der Waals surface area contributed by atoms with Crippen molar-refractivity contribution in [3.05, 3.63) is 65.9 Å². The molecule has 1 aromatic heterocycles. The lowest BCUT2D eigenvalue weighted by Crippen LogP contribution is -2.53. The molecular weight excluding hydrogens is 601 g/mol. The Hall–Kier alpha value is -4.92. The summed E-state index contributed by atoms with van der Waals surface area (Å²) in [6.45, 7) is 7.71. The molecule has 12 nitrogen and oxygen atoms in total. The number of amides is 3. The third-order valence-corrected chi connectivity index (χ3v) is 6.43. The second kappa shape index (κ2) is 14.2. The fourth-order valence-electron chi connectivity index (χ4n) is 4.52. The molecule has 15 heteroatoms. The van der Waals surface area contributed by atoms with Gasteiger partial charge in [0.1, 0.15) is 24.0 Å². The summed E-state index contributed by atoms with van der Waals surface area (Å²) in [5.74, 6) is -4.22. The highest BCUT2D eigenvalue weighted by molar-refractivity contribution is 6.01. The van der Waals surface area contributed by atoms with Crippen LogP contribution in [0.15, 0.2) is 54.6 Å². The van der Waals surface area contributed by atoms with Crippen molar-refractivity contribution in [2.45, 2.75) is 58.5 Å². The molecule has 1 saturated heterocycles. The summed E-state index contributed by atoms with van der Waals surface area (Å²) in [7, 11) is 0. The number of hydrogen-bond acceptors (Lipinski definition) is 8. The van der Waals surface area contributed by atoms with E-state index in [0.717, 1.165) is 22.2 Å². The van der Waals surface area contributed by atoms with Gasteiger partial charge in [-0.25, -0.2) is 15.1 Å². The number of hydroxylamine groups is 1. The van der Waals surface area contributed by atoms with E-state index in [0.29, 0.717) is 31.0 Å². The topological polar surface area (TPSA) is 167 Å². The smallest absolute Gasteiger partial charge is 0.489 e. The molecule has 4 N–H and O–H groups in total. The first kappa shape index (κ1) is 34.6. The average Bonchev–Trinajstić information content (AvgIpc) is 3.34. The second-order valence-corrected chi connectivity index (χ2v) is 11.0. The Morgan fingerprint density at radius 1 is 1.09 bits per heavy atom. The molecule has 0 aliphatic carbocycles. The zero-order chi connectivity index (χ0) is 33.5. The summed E-state index contributed by atoms with van der Waals surface area (Å²) >= 11 is 0. The zero-order valence-corrected chi connectivity index (χ0v) is 24.8. The molecule has 2 heterocycles. The van der Waals surface area contributed by atoms with Gasteiger partial charge in [0.25, 0.3) is 5.91 Å². The number of pyridine rings is 1. The maximum atomic E-state index is 13.2. The number of halogens is 3. The van der Waals surface area contributed by atoms with Gasteiger partial charge in [-0.3, -0.25) is 19.8 Å². The van der Waals surface area contributed by atoms with E-state index < -0.39 is 41.7 Å². The lowest BCUT2D eigenvalue weighted by Gasteiger charge is -2.25. The summed E-state index contributed by atoms with van der Waals surface area (Å²) in [6, 6.07) is 15.7. The number of benzene rings is 2. The molecule has 242 valence electrons. The highest BCUT2D eigenvalue weighted by atomic mass is 19.4. The highest BCUT2D eigenvalue weighted by Gasteiger charge is 2.42. The van der Waals surface area contributed by atoms with Gasteiger partial charge in [-0.1, -0.05) is 18.2 Å². The molecule has 0 saturated carbocycles.